The molecule has 0 radical (unpaired) electrons. The van der Waals surface area contributed by atoms with E-state index < -0.39 is 23.7 Å². The first-order valence-electron chi connectivity index (χ1n) is 8.15. The molecule has 1 atom stereocenters. The Morgan fingerprint density at radius 3 is 2.85 bits per heavy atom. The topological polar surface area (TPSA) is 82.4 Å². The lowest BCUT2D eigenvalue weighted by Crippen LogP contribution is -2.46. The average molecular weight is 388 g/mol. The molecule has 0 aliphatic carbocycles. The van der Waals surface area contributed by atoms with Gasteiger partial charge in [-0.2, -0.15) is 5.26 Å². The molecule has 0 aromatic heterocycles. The van der Waals surface area contributed by atoms with Crippen LogP contribution in [0.25, 0.3) is 0 Å². The van der Waals surface area contributed by atoms with E-state index >= 15 is 0 Å². The zero-order valence-corrected chi connectivity index (χ0v) is 14.9. The number of ether oxygens (including phenoxy) is 1. The molecule has 1 unspecified atom stereocenters. The Morgan fingerprint density at radius 2 is 2.11 bits per heavy atom. The van der Waals surface area contributed by atoms with Crippen molar-refractivity contribution in [3.05, 3.63) is 64.4 Å². The second-order valence-corrected chi connectivity index (χ2v) is 6.34. The van der Waals surface area contributed by atoms with Gasteiger partial charge in [0, 0.05) is 12.2 Å². The summed E-state index contributed by atoms with van der Waals surface area (Å²) < 4.78 is 19.0. The van der Waals surface area contributed by atoms with Gasteiger partial charge in [-0.1, -0.05) is 23.7 Å². The fraction of sp³-hybridized carbons (Fsp3) is 0.211. The number of carbonyl (C=O) groups excluding carboxylic acids is 2. The molecule has 0 spiro atoms. The van der Waals surface area contributed by atoms with Gasteiger partial charge in [0.25, 0.3) is 0 Å². The largest absolute Gasteiger partial charge is 0.370 e. The number of amides is 2. The molecule has 27 heavy (non-hydrogen) atoms. The van der Waals surface area contributed by atoms with Gasteiger partial charge in [-0.25, -0.2) is 4.39 Å². The first-order chi connectivity index (χ1) is 13.0. The fourth-order valence-corrected chi connectivity index (χ4v) is 2.93. The Labute approximate surface area is 160 Å². The molecule has 1 heterocycles. The van der Waals surface area contributed by atoms with E-state index in [0.717, 1.165) is 0 Å². The monoisotopic (exact) mass is 387 g/mol. The predicted octanol–water partition coefficient (Wildman–Crippen LogP) is 2.89. The molecular weight excluding hydrogens is 373 g/mol. The number of anilines is 1. The van der Waals surface area contributed by atoms with Crippen LogP contribution in [0.1, 0.15) is 17.2 Å². The van der Waals surface area contributed by atoms with Crippen LogP contribution < -0.4 is 5.32 Å². The van der Waals surface area contributed by atoms with Crippen LogP contribution >= 0.6 is 11.6 Å². The zero-order chi connectivity index (χ0) is 19.4. The molecule has 1 N–H and O–H groups in total. The summed E-state index contributed by atoms with van der Waals surface area (Å²) in [5.74, 6) is -2.05. The highest BCUT2D eigenvalue weighted by atomic mass is 35.5. The fourth-order valence-electron chi connectivity index (χ4n) is 2.74. The van der Waals surface area contributed by atoms with Crippen LogP contribution in [-0.4, -0.2) is 36.4 Å². The van der Waals surface area contributed by atoms with Crippen molar-refractivity contribution in [1.29, 1.82) is 5.26 Å². The molecule has 138 valence electrons. The lowest BCUT2D eigenvalue weighted by atomic mass is 10.1. The van der Waals surface area contributed by atoms with Crippen molar-refractivity contribution in [3.8, 4) is 6.07 Å². The molecule has 1 aliphatic rings. The van der Waals surface area contributed by atoms with Gasteiger partial charge < -0.3 is 15.0 Å². The van der Waals surface area contributed by atoms with Crippen molar-refractivity contribution in [2.24, 2.45) is 0 Å². The number of carbonyl (C=O) groups is 2. The molecule has 2 aromatic carbocycles. The predicted molar refractivity (Wildman–Crippen MR) is 96.5 cm³/mol. The van der Waals surface area contributed by atoms with Crippen LogP contribution in [0.15, 0.2) is 42.5 Å². The maximum Gasteiger partial charge on any atom is 0.313 e. The number of nitrogens with zero attached hydrogens (tertiary/aromatic N) is 2. The van der Waals surface area contributed by atoms with E-state index in [9.17, 15) is 14.0 Å². The van der Waals surface area contributed by atoms with Crippen molar-refractivity contribution in [3.63, 3.8) is 0 Å². The molecule has 2 aromatic rings. The van der Waals surface area contributed by atoms with E-state index in [0.29, 0.717) is 16.8 Å². The second-order valence-electron chi connectivity index (χ2n) is 5.93. The smallest absolute Gasteiger partial charge is 0.313 e. The molecule has 3 rings (SSSR count). The Hall–Kier alpha value is -2.95. The summed E-state index contributed by atoms with van der Waals surface area (Å²) in [5.41, 5.74) is 1.36. The van der Waals surface area contributed by atoms with Gasteiger partial charge in [0.05, 0.1) is 29.8 Å². The molecule has 0 bridgehead atoms. The maximum atomic E-state index is 13.3. The highest BCUT2D eigenvalue weighted by Crippen LogP contribution is 2.26. The molecule has 2 amide bonds. The second kappa shape index (κ2) is 8.16. The van der Waals surface area contributed by atoms with Crippen LogP contribution in [0.2, 0.25) is 5.02 Å². The molecule has 1 aliphatic heterocycles. The summed E-state index contributed by atoms with van der Waals surface area (Å²) in [5, 5.41) is 11.4. The standard InChI is InChI=1S/C19H15ClFN3O3/c20-15-9-13(4-5-16(15)21)17-11-24(6-7-27-17)19(26)18(25)23-14-3-1-2-12(8-14)10-22/h1-5,8-9,17H,6-7,11H2,(H,23,25). The first kappa shape index (κ1) is 18.8. The maximum absolute atomic E-state index is 13.3. The minimum absolute atomic E-state index is 0.0327. The molecule has 1 saturated heterocycles. The Balaban J connectivity index is 1.67. The minimum atomic E-state index is -0.803. The number of nitriles is 1. The third-order valence-corrected chi connectivity index (χ3v) is 4.40. The number of rotatable bonds is 2. The Morgan fingerprint density at radius 1 is 1.30 bits per heavy atom. The van der Waals surface area contributed by atoms with Crippen LogP contribution in [-0.2, 0) is 14.3 Å². The van der Waals surface area contributed by atoms with Crippen molar-refractivity contribution < 1.29 is 18.7 Å². The lowest BCUT2D eigenvalue weighted by molar-refractivity contribution is -0.148. The quantitative estimate of drug-likeness (QED) is 0.803. The van der Waals surface area contributed by atoms with Crippen molar-refractivity contribution >= 4 is 29.1 Å². The van der Waals surface area contributed by atoms with Crippen LogP contribution in [0, 0.1) is 17.1 Å². The van der Waals surface area contributed by atoms with E-state index in [2.05, 4.69) is 5.32 Å². The lowest BCUT2D eigenvalue weighted by Gasteiger charge is -2.32. The van der Waals surface area contributed by atoms with Crippen LogP contribution in [0.3, 0.4) is 0 Å². The van der Waals surface area contributed by atoms with Gasteiger partial charge in [0.15, 0.2) is 0 Å². The van der Waals surface area contributed by atoms with Crippen molar-refractivity contribution in [2.75, 3.05) is 25.0 Å². The van der Waals surface area contributed by atoms with E-state index in [1.165, 1.54) is 29.2 Å². The third-order valence-electron chi connectivity index (χ3n) is 4.11. The molecule has 8 heteroatoms. The van der Waals surface area contributed by atoms with E-state index in [1.54, 1.807) is 18.2 Å². The van der Waals surface area contributed by atoms with Gasteiger partial charge in [-0.3, -0.25) is 9.59 Å². The van der Waals surface area contributed by atoms with E-state index in [-0.39, 0.29) is 24.7 Å². The molecule has 6 nitrogen and oxygen atoms in total. The zero-order valence-electron chi connectivity index (χ0n) is 14.1. The first-order valence-corrected chi connectivity index (χ1v) is 8.52. The van der Waals surface area contributed by atoms with Gasteiger partial charge in [0.2, 0.25) is 0 Å². The third kappa shape index (κ3) is 4.42. The summed E-state index contributed by atoms with van der Waals surface area (Å²) in [4.78, 5) is 26.1. The summed E-state index contributed by atoms with van der Waals surface area (Å²) in [6, 6.07) is 12.5. The SMILES string of the molecule is N#Cc1cccc(NC(=O)C(=O)N2CCOC(c3ccc(F)c(Cl)c3)C2)c1. The highest BCUT2D eigenvalue weighted by molar-refractivity contribution is 6.39. The van der Waals surface area contributed by atoms with Gasteiger partial charge in [-0.15, -0.1) is 0 Å². The van der Waals surface area contributed by atoms with Crippen molar-refractivity contribution in [1.82, 2.24) is 4.90 Å². The summed E-state index contributed by atoms with van der Waals surface area (Å²) in [6.07, 6.45) is -0.504. The molecule has 1 fully saturated rings. The van der Waals surface area contributed by atoms with Crippen molar-refractivity contribution in [2.45, 2.75) is 6.10 Å². The van der Waals surface area contributed by atoms with Crippen LogP contribution in [0.5, 0.6) is 0 Å². The summed E-state index contributed by atoms with van der Waals surface area (Å²) >= 11 is 5.80. The van der Waals surface area contributed by atoms with E-state index in [4.69, 9.17) is 21.6 Å². The molecular formula is C19H15ClFN3O3. The van der Waals surface area contributed by atoms with E-state index in [1.807, 2.05) is 6.07 Å². The number of hydrogen-bond acceptors (Lipinski definition) is 4. The average Bonchev–Trinajstić information content (AvgIpc) is 2.69. The minimum Gasteiger partial charge on any atom is -0.370 e. The number of hydrogen-bond donors (Lipinski definition) is 1. The number of halogens is 2. The number of benzene rings is 2. The highest BCUT2D eigenvalue weighted by Gasteiger charge is 2.29. The summed E-state index contributed by atoms with van der Waals surface area (Å²) in [6.45, 7) is 0.644. The van der Waals surface area contributed by atoms with Gasteiger partial charge in [-0.05, 0) is 35.9 Å². The van der Waals surface area contributed by atoms with Gasteiger partial charge in [0.1, 0.15) is 11.9 Å². The normalized spacial score (nSPS) is 16.5. The van der Waals surface area contributed by atoms with Gasteiger partial charge >= 0.3 is 11.8 Å². The number of morpholine rings is 1. The summed E-state index contributed by atoms with van der Waals surface area (Å²) in [7, 11) is 0. The van der Waals surface area contributed by atoms with Crippen LogP contribution in [0.4, 0.5) is 10.1 Å². The number of nitrogens with one attached hydrogen (secondary N) is 1. The molecule has 0 saturated carbocycles. The Bertz CT molecular complexity index is 929. The Kier molecular flexibility index (Phi) is 5.69.